The number of pyridine rings is 1. The summed E-state index contributed by atoms with van der Waals surface area (Å²) in [5.74, 6) is 1.72. The molecule has 0 amide bonds. The van der Waals surface area contributed by atoms with Crippen LogP contribution in [0.15, 0.2) is 111 Å². The van der Waals surface area contributed by atoms with Crippen LogP contribution in [0.25, 0.3) is 21.8 Å². The third kappa shape index (κ3) is 4.27. The molecule has 5 heteroatoms. The molecule has 0 fully saturated rings. The van der Waals surface area contributed by atoms with Gasteiger partial charge in [0.05, 0.1) is 25.3 Å². The lowest BCUT2D eigenvalue weighted by molar-refractivity contribution is 0.414. The van der Waals surface area contributed by atoms with Gasteiger partial charge < -0.3 is 9.47 Å². The Morgan fingerprint density at radius 1 is 0.562 bits per heavy atom. The lowest BCUT2D eigenvalue weighted by Gasteiger charge is -2.11. The van der Waals surface area contributed by atoms with Crippen LogP contribution in [0.1, 0.15) is 0 Å². The van der Waals surface area contributed by atoms with Gasteiger partial charge in [-0.3, -0.25) is 0 Å². The highest BCUT2D eigenvalue weighted by atomic mass is 32.2. The highest BCUT2D eigenvalue weighted by molar-refractivity contribution is 7.99. The second-order valence-corrected chi connectivity index (χ2v) is 9.43. The Morgan fingerprint density at radius 3 is 1.41 bits per heavy atom. The molecule has 0 aliphatic carbocycles. The van der Waals surface area contributed by atoms with Crippen LogP contribution < -0.4 is 9.47 Å². The SMILES string of the molecule is COc1ccc(Sc2cccc3cc4cccc(Sc5ccc(OC)cc5)c4nc23)cc1. The number of hydrogen-bond acceptors (Lipinski definition) is 5. The second kappa shape index (κ2) is 9.15. The van der Waals surface area contributed by atoms with Crippen LogP contribution in [0, 0.1) is 0 Å². The third-order valence-corrected chi connectivity index (χ3v) is 7.28. The van der Waals surface area contributed by atoms with E-state index >= 15 is 0 Å². The number of fused-ring (bicyclic) bond motifs is 2. The molecular formula is C27H21NO2S2. The number of rotatable bonds is 6. The highest BCUT2D eigenvalue weighted by Crippen LogP contribution is 2.38. The van der Waals surface area contributed by atoms with E-state index in [9.17, 15) is 0 Å². The normalized spacial score (nSPS) is 11.1. The summed E-state index contributed by atoms with van der Waals surface area (Å²) in [5, 5.41) is 2.28. The average molecular weight is 456 g/mol. The van der Waals surface area contributed by atoms with E-state index in [-0.39, 0.29) is 0 Å². The van der Waals surface area contributed by atoms with Gasteiger partial charge in [0.2, 0.25) is 0 Å². The Kier molecular flexibility index (Phi) is 5.93. The van der Waals surface area contributed by atoms with Crippen LogP contribution in [-0.4, -0.2) is 19.2 Å². The molecule has 3 nitrogen and oxygen atoms in total. The van der Waals surface area contributed by atoms with Crippen molar-refractivity contribution in [1.82, 2.24) is 4.98 Å². The summed E-state index contributed by atoms with van der Waals surface area (Å²) in [5.41, 5.74) is 2.03. The van der Waals surface area contributed by atoms with Crippen LogP contribution in [0.5, 0.6) is 11.5 Å². The zero-order valence-corrected chi connectivity index (χ0v) is 19.4. The van der Waals surface area contributed by atoms with Crippen molar-refractivity contribution in [1.29, 1.82) is 0 Å². The molecule has 0 aliphatic rings. The summed E-state index contributed by atoms with van der Waals surface area (Å²) >= 11 is 3.44. The van der Waals surface area contributed by atoms with Gasteiger partial charge in [-0.15, -0.1) is 0 Å². The zero-order valence-electron chi connectivity index (χ0n) is 17.7. The molecule has 0 radical (unpaired) electrons. The van der Waals surface area contributed by atoms with E-state index in [1.165, 1.54) is 0 Å². The van der Waals surface area contributed by atoms with Gasteiger partial charge in [-0.25, -0.2) is 4.98 Å². The van der Waals surface area contributed by atoms with Gasteiger partial charge in [-0.1, -0.05) is 47.8 Å². The van der Waals surface area contributed by atoms with Gasteiger partial charge in [-0.05, 0) is 66.7 Å². The number of methoxy groups -OCH3 is 2. The molecular weight excluding hydrogens is 434 g/mol. The minimum atomic E-state index is 0.858. The fraction of sp³-hybridized carbons (Fsp3) is 0.0741. The van der Waals surface area contributed by atoms with Crippen molar-refractivity contribution >= 4 is 45.3 Å². The molecule has 1 aromatic heterocycles. The van der Waals surface area contributed by atoms with E-state index < -0.39 is 0 Å². The first-order valence-corrected chi connectivity index (χ1v) is 11.8. The first-order chi connectivity index (χ1) is 15.7. The van der Waals surface area contributed by atoms with E-state index in [1.807, 2.05) is 24.3 Å². The molecule has 0 saturated heterocycles. The molecule has 0 N–H and O–H groups in total. The summed E-state index contributed by atoms with van der Waals surface area (Å²) < 4.78 is 10.6. The molecule has 0 saturated carbocycles. The molecule has 5 aromatic rings. The Hall–Kier alpha value is -3.15. The summed E-state index contributed by atoms with van der Waals surface area (Å²) in [6, 6.07) is 31.2. The fourth-order valence-electron chi connectivity index (χ4n) is 3.54. The summed E-state index contributed by atoms with van der Waals surface area (Å²) in [4.78, 5) is 9.73. The van der Waals surface area contributed by atoms with Gasteiger partial charge in [0.1, 0.15) is 11.5 Å². The second-order valence-electron chi connectivity index (χ2n) is 7.20. The Bertz CT molecular complexity index is 1280. The number of benzene rings is 4. The van der Waals surface area contributed by atoms with E-state index in [0.29, 0.717) is 0 Å². The van der Waals surface area contributed by atoms with E-state index in [4.69, 9.17) is 14.5 Å². The molecule has 32 heavy (non-hydrogen) atoms. The third-order valence-electron chi connectivity index (χ3n) is 5.17. The first kappa shape index (κ1) is 20.7. The Balaban J connectivity index is 1.55. The van der Waals surface area contributed by atoms with Crippen molar-refractivity contribution in [2.24, 2.45) is 0 Å². The number of aromatic nitrogens is 1. The van der Waals surface area contributed by atoms with Crippen molar-refractivity contribution in [3.05, 3.63) is 91.0 Å². The van der Waals surface area contributed by atoms with Crippen LogP contribution in [0.2, 0.25) is 0 Å². The van der Waals surface area contributed by atoms with E-state index in [0.717, 1.165) is 52.9 Å². The minimum Gasteiger partial charge on any atom is -0.497 e. The predicted octanol–water partition coefficient (Wildman–Crippen LogP) is 7.71. The van der Waals surface area contributed by atoms with Crippen molar-refractivity contribution in [2.45, 2.75) is 19.6 Å². The van der Waals surface area contributed by atoms with Gasteiger partial charge in [0.15, 0.2) is 0 Å². The van der Waals surface area contributed by atoms with E-state index in [2.05, 4.69) is 66.7 Å². The topological polar surface area (TPSA) is 31.4 Å². The van der Waals surface area contributed by atoms with Gasteiger partial charge >= 0.3 is 0 Å². The Morgan fingerprint density at radius 2 is 1.00 bits per heavy atom. The standard InChI is InChI=1S/C27H21NO2S2/c1-29-20-9-13-22(14-10-20)31-24-7-3-5-18-17-19-6-4-8-25(27(19)28-26(18)24)32-23-15-11-21(30-2)12-16-23/h3-17H,1-2H3. The molecule has 0 spiro atoms. The molecule has 0 bridgehead atoms. The number of para-hydroxylation sites is 2. The largest absolute Gasteiger partial charge is 0.497 e. The van der Waals surface area contributed by atoms with Crippen molar-refractivity contribution in [3.8, 4) is 11.5 Å². The van der Waals surface area contributed by atoms with Crippen LogP contribution >= 0.6 is 23.5 Å². The van der Waals surface area contributed by atoms with Crippen molar-refractivity contribution in [3.63, 3.8) is 0 Å². The van der Waals surface area contributed by atoms with Gasteiger partial charge in [0.25, 0.3) is 0 Å². The van der Waals surface area contributed by atoms with Crippen molar-refractivity contribution < 1.29 is 9.47 Å². The molecule has 0 atom stereocenters. The average Bonchev–Trinajstić information content (AvgIpc) is 2.84. The summed E-state index contributed by atoms with van der Waals surface area (Å²) in [6.45, 7) is 0. The molecule has 5 rings (SSSR count). The smallest absolute Gasteiger partial charge is 0.118 e. The molecule has 1 heterocycles. The maximum Gasteiger partial charge on any atom is 0.118 e. The molecule has 0 unspecified atom stereocenters. The van der Waals surface area contributed by atoms with Gasteiger partial charge in [-0.2, -0.15) is 0 Å². The van der Waals surface area contributed by atoms with Crippen LogP contribution in [0.4, 0.5) is 0 Å². The first-order valence-electron chi connectivity index (χ1n) is 10.2. The Labute approximate surface area is 195 Å². The van der Waals surface area contributed by atoms with Crippen LogP contribution in [-0.2, 0) is 0 Å². The number of hydrogen-bond donors (Lipinski definition) is 0. The summed E-state index contributed by atoms with van der Waals surface area (Å²) in [6.07, 6.45) is 0. The van der Waals surface area contributed by atoms with E-state index in [1.54, 1.807) is 37.7 Å². The maximum absolute atomic E-state index is 5.28. The predicted molar refractivity (Wildman–Crippen MR) is 133 cm³/mol. The highest BCUT2D eigenvalue weighted by Gasteiger charge is 2.10. The van der Waals surface area contributed by atoms with Gasteiger partial charge in [0, 0.05) is 30.4 Å². The quantitative estimate of drug-likeness (QED) is 0.245. The molecule has 0 aliphatic heterocycles. The number of ether oxygens (including phenoxy) is 2. The molecule has 4 aromatic carbocycles. The molecule has 158 valence electrons. The minimum absolute atomic E-state index is 0.858. The lowest BCUT2D eigenvalue weighted by atomic mass is 10.1. The maximum atomic E-state index is 5.28. The zero-order chi connectivity index (χ0) is 21.9. The summed E-state index contributed by atoms with van der Waals surface area (Å²) in [7, 11) is 3.37. The van der Waals surface area contributed by atoms with Crippen LogP contribution in [0.3, 0.4) is 0 Å². The van der Waals surface area contributed by atoms with Crippen molar-refractivity contribution in [2.75, 3.05) is 14.2 Å². The number of nitrogens with zero attached hydrogens (tertiary/aromatic N) is 1. The lowest BCUT2D eigenvalue weighted by Crippen LogP contribution is -1.88. The monoisotopic (exact) mass is 455 g/mol. The fourth-order valence-corrected chi connectivity index (χ4v) is 5.40.